The van der Waals surface area contributed by atoms with Crippen molar-refractivity contribution in [2.45, 2.75) is 0 Å². The Labute approximate surface area is 93.6 Å². The molecule has 0 aliphatic carbocycles. The summed E-state index contributed by atoms with van der Waals surface area (Å²) in [6, 6.07) is 2.93. The normalized spacial score (nSPS) is 10.1. The van der Waals surface area contributed by atoms with Gasteiger partial charge in [0.1, 0.15) is 6.07 Å². The molecule has 0 bridgehead atoms. The quantitative estimate of drug-likeness (QED) is 0.643. The summed E-state index contributed by atoms with van der Waals surface area (Å²) >= 11 is 0. The Kier molecular flexibility index (Phi) is 2.25. The number of nitriles is 1. The molecule has 0 unspecified atom stereocenters. The fourth-order valence-electron chi connectivity index (χ4n) is 1.49. The lowest BCUT2D eigenvalue weighted by Gasteiger charge is -2.04. The van der Waals surface area contributed by atoms with Gasteiger partial charge in [0.25, 0.3) is 5.56 Å². The molecule has 0 spiro atoms. The molecule has 0 saturated carbocycles. The van der Waals surface area contributed by atoms with Crippen molar-refractivity contribution in [3.8, 4) is 11.8 Å². The number of hydrogen-bond acceptors (Lipinski definition) is 5. The molecule has 7 heteroatoms. The van der Waals surface area contributed by atoms with Crippen molar-refractivity contribution in [1.29, 1.82) is 5.26 Å². The van der Waals surface area contributed by atoms with E-state index in [-0.39, 0.29) is 16.5 Å². The van der Waals surface area contributed by atoms with Gasteiger partial charge in [0, 0.05) is 11.6 Å². The summed E-state index contributed by atoms with van der Waals surface area (Å²) < 4.78 is 0. The number of fused-ring (bicyclic) bond motifs is 1. The maximum atomic E-state index is 11.5. The molecule has 0 amide bonds. The van der Waals surface area contributed by atoms with E-state index < -0.39 is 23.0 Å². The highest BCUT2D eigenvalue weighted by Crippen LogP contribution is 2.26. The number of aromatic nitrogens is 2. The largest absolute Gasteiger partial charge is 0.505 e. The van der Waals surface area contributed by atoms with Crippen LogP contribution in [0.2, 0.25) is 0 Å². The minimum absolute atomic E-state index is 0.0160. The molecule has 0 aliphatic heterocycles. The Morgan fingerprint density at radius 3 is 2.82 bits per heavy atom. The maximum absolute atomic E-state index is 11.5. The van der Waals surface area contributed by atoms with Crippen molar-refractivity contribution >= 4 is 16.7 Å². The van der Waals surface area contributed by atoms with E-state index in [1.165, 1.54) is 12.3 Å². The smallest absolute Gasteiger partial charge is 0.358 e. The molecule has 0 fully saturated rings. The van der Waals surface area contributed by atoms with Crippen LogP contribution in [0.25, 0.3) is 10.8 Å². The van der Waals surface area contributed by atoms with Crippen LogP contribution in [0.4, 0.5) is 0 Å². The van der Waals surface area contributed by atoms with E-state index in [1.54, 1.807) is 6.07 Å². The van der Waals surface area contributed by atoms with Crippen molar-refractivity contribution in [2.75, 3.05) is 0 Å². The Balaban J connectivity index is 3.07. The van der Waals surface area contributed by atoms with Gasteiger partial charge in [-0.1, -0.05) is 0 Å². The van der Waals surface area contributed by atoms with Crippen molar-refractivity contribution in [2.24, 2.45) is 0 Å². The van der Waals surface area contributed by atoms with Gasteiger partial charge in [0.05, 0.1) is 5.39 Å². The van der Waals surface area contributed by atoms with E-state index in [0.29, 0.717) is 0 Å². The van der Waals surface area contributed by atoms with E-state index in [9.17, 15) is 14.7 Å². The Bertz CT molecular complexity index is 727. The monoisotopic (exact) mass is 231 g/mol. The fraction of sp³-hybridized carbons (Fsp3) is 0. The summed E-state index contributed by atoms with van der Waals surface area (Å²) in [6.45, 7) is 0. The van der Waals surface area contributed by atoms with E-state index in [4.69, 9.17) is 10.4 Å². The third kappa shape index (κ3) is 1.48. The number of nitrogens with one attached hydrogen (secondary N) is 1. The minimum Gasteiger partial charge on any atom is -0.505 e. The molecule has 7 nitrogen and oxygen atoms in total. The van der Waals surface area contributed by atoms with E-state index in [2.05, 4.69) is 9.97 Å². The molecule has 2 heterocycles. The third-order valence-electron chi connectivity index (χ3n) is 2.21. The lowest BCUT2D eigenvalue weighted by Crippen LogP contribution is -2.11. The van der Waals surface area contributed by atoms with Crippen LogP contribution in [0.3, 0.4) is 0 Å². The van der Waals surface area contributed by atoms with Crippen LogP contribution in [0, 0.1) is 11.3 Å². The molecule has 0 aliphatic rings. The minimum atomic E-state index is -1.47. The summed E-state index contributed by atoms with van der Waals surface area (Å²) in [5.74, 6) is -2.10. The second-order valence-electron chi connectivity index (χ2n) is 3.17. The first-order valence-corrected chi connectivity index (χ1v) is 4.44. The molecule has 0 saturated heterocycles. The van der Waals surface area contributed by atoms with Crippen molar-refractivity contribution in [3.05, 3.63) is 34.0 Å². The number of nitrogens with zero attached hydrogens (tertiary/aromatic N) is 2. The molecular weight excluding hydrogens is 226 g/mol. The standard InChI is InChI=1S/C10H5N3O4/c11-3-5-6-4(1-2-12-9(6)15)8(14)7(13-5)10(16)17/h1-2,14H,(H,12,15)(H,16,17). The van der Waals surface area contributed by atoms with Crippen LogP contribution in [-0.2, 0) is 0 Å². The lowest BCUT2D eigenvalue weighted by atomic mass is 10.1. The highest BCUT2D eigenvalue weighted by atomic mass is 16.4. The number of aromatic hydroxyl groups is 1. The van der Waals surface area contributed by atoms with Crippen molar-refractivity contribution < 1.29 is 15.0 Å². The number of aromatic carboxylic acids is 1. The summed E-state index contributed by atoms with van der Waals surface area (Å²) in [4.78, 5) is 28.1. The number of carboxylic acid groups (broad SMARTS) is 1. The Morgan fingerprint density at radius 1 is 1.53 bits per heavy atom. The first-order valence-electron chi connectivity index (χ1n) is 4.44. The summed E-state index contributed by atoms with van der Waals surface area (Å²) in [5, 5.41) is 27.1. The van der Waals surface area contributed by atoms with Gasteiger partial charge in [-0.15, -0.1) is 0 Å². The topological polar surface area (TPSA) is 127 Å². The average Bonchev–Trinajstić information content (AvgIpc) is 2.30. The molecule has 2 rings (SSSR count). The highest BCUT2D eigenvalue weighted by molar-refractivity contribution is 5.99. The van der Waals surface area contributed by atoms with Gasteiger partial charge >= 0.3 is 5.97 Å². The Morgan fingerprint density at radius 2 is 2.24 bits per heavy atom. The lowest BCUT2D eigenvalue weighted by molar-refractivity contribution is 0.0687. The predicted molar refractivity (Wildman–Crippen MR) is 55.7 cm³/mol. The van der Waals surface area contributed by atoms with Gasteiger partial charge in [-0.25, -0.2) is 9.78 Å². The number of aromatic amines is 1. The SMILES string of the molecule is N#Cc1nc(C(=O)O)c(O)c2cc[nH]c(=O)c12. The van der Waals surface area contributed by atoms with Gasteiger partial charge in [-0.3, -0.25) is 4.79 Å². The molecule has 84 valence electrons. The van der Waals surface area contributed by atoms with Crippen LogP contribution in [-0.4, -0.2) is 26.2 Å². The van der Waals surface area contributed by atoms with Gasteiger partial charge in [-0.2, -0.15) is 5.26 Å². The molecule has 0 aromatic carbocycles. The molecule has 0 radical (unpaired) electrons. The molecule has 0 atom stereocenters. The van der Waals surface area contributed by atoms with Gasteiger partial charge in [0.15, 0.2) is 17.1 Å². The summed E-state index contributed by atoms with van der Waals surface area (Å²) in [7, 11) is 0. The van der Waals surface area contributed by atoms with Gasteiger partial charge in [0.2, 0.25) is 0 Å². The molecular formula is C10H5N3O4. The molecule has 3 N–H and O–H groups in total. The van der Waals surface area contributed by atoms with E-state index >= 15 is 0 Å². The van der Waals surface area contributed by atoms with Crippen LogP contribution < -0.4 is 5.56 Å². The van der Waals surface area contributed by atoms with E-state index in [1.807, 2.05) is 0 Å². The first-order chi connectivity index (χ1) is 8.06. The number of carbonyl (C=O) groups is 1. The zero-order valence-electron chi connectivity index (χ0n) is 8.26. The zero-order valence-corrected chi connectivity index (χ0v) is 8.26. The number of pyridine rings is 2. The highest BCUT2D eigenvalue weighted by Gasteiger charge is 2.19. The number of H-pyrrole nitrogens is 1. The second-order valence-corrected chi connectivity index (χ2v) is 3.17. The van der Waals surface area contributed by atoms with Crippen LogP contribution >= 0.6 is 0 Å². The van der Waals surface area contributed by atoms with Crippen molar-refractivity contribution in [3.63, 3.8) is 0 Å². The number of rotatable bonds is 1. The van der Waals surface area contributed by atoms with E-state index in [0.717, 1.165) is 0 Å². The van der Waals surface area contributed by atoms with Crippen LogP contribution in [0.5, 0.6) is 5.75 Å². The summed E-state index contributed by atoms with van der Waals surface area (Å²) in [6.07, 6.45) is 1.25. The summed E-state index contributed by atoms with van der Waals surface area (Å²) in [5.41, 5.74) is -1.60. The predicted octanol–water partition coefficient (Wildman–Crippen LogP) is 0.199. The molecule has 2 aromatic heterocycles. The van der Waals surface area contributed by atoms with Crippen molar-refractivity contribution in [1.82, 2.24) is 9.97 Å². The third-order valence-corrected chi connectivity index (χ3v) is 2.21. The fourth-order valence-corrected chi connectivity index (χ4v) is 1.49. The number of carboxylic acids is 1. The Hall–Kier alpha value is -2.88. The van der Waals surface area contributed by atoms with Gasteiger partial charge < -0.3 is 15.2 Å². The average molecular weight is 231 g/mol. The first kappa shape index (κ1) is 10.6. The van der Waals surface area contributed by atoms with Crippen LogP contribution in [0.1, 0.15) is 16.2 Å². The van der Waals surface area contributed by atoms with Gasteiger partial charge in [-0.05, 0) is 6.07 Å². The zero-order chi connectivity index (χ0) is 12.6. The molecule has 17 heavy (non-hydrogen) atoms. The van der Waals surface area contributed by atoms with Crippen LogP contribution in [0.15, 0.2) is 17.1 Å². The second kappa shape index (κ2) is 3.61. The maximum Gasteiger partial charge on any atom is 0.358 e. The number of hydrogen-bond donors (Lipinski definition) is 3. The molecule has 2 aromatic rings.